The number of hydrogen-bond acceptors (Lipinski definition) is 15. The van der Waals surface area contributed by atoms with Gasteiger partial charge in [-0.1, -0.05) is 213 Å². The Morgan fingerprint density at radius 1 is 0.406 bits per heavy atom. The van der Waals surface area contributed by atoms with Crippen LogP contribution in [-0.4, -0.2) is 142 Å². The first-order valence-corrected chi connectivity index (χ1v) is 28.1. The molecule has 0 amide bonds. The van der Waals surface area contributed by atoms with Crippen LogP contribution in [0.2, 0.25) is 0 Å². The fraction of sp³-hybridized carbons (Fsp3) is 0.963. The van der Waals surface area contributed by atoms with Gasteiger partial charge in [0.05, 0.1) is 19.8 Å². The topological polar surface area (TPSA) is 231 Å². The minimum atomic E-state index is -1.76. The normalized spacial score (nSPS) is 25.5. The quantitative estimate of drug-likeness (QED) is 0.0223. The van der Waals surface area contributed by atoms with Gasteiger partial charge >= 0.3 is 11.9 Å². The highest BCUT2D eigenvalue weighted by molar-refractivity contribution is 5.70. The Bertz CT molecular complexity index is 1210. The zero-order chi connectivity index (χ0) is 50.3. The lowest BCUT2D eigenvalue weighted by Crippen LogP contribution is -2.61. The minimum Gasteiger partial charge on any atom is -0.462 e. The highest BCUT2D eigenvalue weighted by Gasteiger charge is 2.47. The molecule has 0 saturated carbocycles. The standard InChI is InChI=1S/C54H102O15/c1-3-5-7-9-11-13-15-17-19-21-23-25-27-29-31-33-35-37-46(57)67-42(39-64-45(56)36-34-32-30-28-26-24-22-20-18-16-14-12-10-8-6-4-2)40-65-53-52(63)50(61)48(59)44(69-53)41-66-54-51(62)49(60)47(58)43(38-55)68-54/h42-44,47-55,58-63H,3-41H2,1-2H3. The number of carbonyl (C=O) groups excluding carboxylic acids is 2. The number of aliphatic hydroxyl groups is 7. The first-order valence-electron chi connectivity index (χ1n) is 28.1. The molecule has 11 atom stereocenters. The molecule has 0 radical (unpaired) electrons. The number of unbranched alkanes of at least 4 members (excludes halogenated alkanes) is 31. The van der Waals surface area contributed by atoms with Crippen LogP contribution in [0.15, 0.2) is 0 Å². The van der Waals surface area contributed by atoms with Crippen molar-refractivity contribution in [1.82, 2.24) is 0 Å². The first kappa shape index (κ1) is 63.6. The Balaban J connectivity index is 1.76. The molecule has 2 fully saturated rings. The molecule has 69 heavy (non-hydrogen) atoms. The van der Waals surface area contributed by atoms with Crippen LogP contribution in [0.3, 0.4) is 0 Å². The molecule has 0 aromatic rings. The Kier molecular flexibility index (Phi) is 38.6. The van der Waals surface area contributed by atoms with Gasteiger partial charge in [0.15, 0.2) is 18.7 Å². The zero-order valence-electron chi connectivity index (χ0n) is 43.3. The fourth-order valence-corrected chi connectivity index (χ4v) is 9.22. The van der Waals surface area contributed by atoms with Crippen LogP contribution in [0.25, 0.3) is 0 Å². The van der Waals surface area contributed by atoms with Crippen LogP contribution in [0.1, 0.15) is 239 Å². The lowest BCUT2D eigenvalue weighted by Gasteiger charge is -2.42. The van der Waals surface area contributed by atoms with Gasteiger partial charge < -0.3 is 64.2 Å². The number of carbonyl (C=O) groups is 2. The molecule has 15 nitrogen and oxygen atoms in total. The lowest BCUT2D eigenvalue weighted by atomic mass is 9.98. The summed E-state index contributed by atoms with van der Waals surface area (Å²) in [4.78, 5) is 25.8. The summed E-state index contributed by atoms with van der Waals surface area (Å²) in [7, 11) is 0. The summed E-state index contributed by atoms with van der Waals surface area (Å²) in [5, 5.41) is 72.2. The van der Waals surface area contributed by atoms with E-state index in [9.17, 15) is 45.3 Å². The van der Waals surface area contributed by atoms with E-state index >= 15 is 0 Å². The maximum atomic E-state index is 13.0. The van der Waals surface area contributed by atoms with Crippen molar-refractivity contribution in [1.29, 1.82) is 0 Å². The summed E-state index contributed by atoms with van der Waals surface area (Å²) in [6, 6.07) is 0. The van der Waals surface area contributed by atoms with Gasteiger partial charge in [0.25, 0.3) is 0 Å². The van der Waals surface area contributed by atoms with Gasteiger partial charge in [0.2, 0.25) is 0 Å². The molecular weight excluding hydrogens is 889 g/mol. The summed E-state index contributed by atoms with van der Waals surface area (Å²) in [5.74, 6) is -0.905. The number of hydrogen-bond donors (Lipinski definition) is 7. The third-order valence-corrected chi connectivity index (χ3v) is 13.8. The van der Waals surface area contributed by atoms with E-state index in [-0.39, 0.29) is 26.1 Å². The van der Waals surface area contributed by atoms with E-state index in [1.807, 2.05) is 0 Å². The minimum absolute atomic E-state index is 0.174. The SMILES string of the molecule is CCCCCCCCCCCCCCCCCCCC(=O)OC(COC(=O)CCCCCCCCCCCCCCCCCC)COC1OC(COC2OC(CO)C(O)C(O)C2O)C(O)C(O)C1O. The number of aliphatic hydroxyl groups excluding tert-OH is 7. The van der Waals surface area contributed by atoms with Crippen LogP contribution in [0.4, 0.5) is 0 Å². The molecule has 0 aromatic heterocycles. The maximum Gasteiger partial charge on any atom is 0.306 e. The van der Waals surface area contributed by atoms with Crippen LogP contribution in [-0.2, 0) is 38.0 Å². The molecular formula is C54H102O15. The second-order valence-electron chi connectivity index (χ2n) is 20.1. The van der Waals surface area contributed by atoms with Gasteiger partial charge in [0.1, 0.15) is 55.4 Å². The zero-order valence-corrected chi connectivity index (χ0v) is 43.3. The molecule has 11 unspecified atom stereocenters. The van der Waals surface area contributed by atoms with Gasteiger partial charge in [-0.15, -0.1) is 0 Å². The van der Waals surface area contributed by atoms with Crippen LogP contribution in [0, 0.1) is 0 Å². The largest absolute Gasteiger partial charge is 0.462 e. The van der Waals surface area contributed by atoms with Gasteiger partial charge in [-0.25, -0.2) is 0 Å². The third kappa shape index (κ3) is 29.7. The molecule has 2 heterocycles. The molecule has 2 aliphatic heterocycles. The summed E-state index contributed by atoms with van der Waals surface area (Å²) >= 11 is 0. The fourth-order valence-electron chi connectivity index (χ4n) is 9.22. The maximum absolute atomic E-state index is 13.0. The van der Waals surface area contributed by atoms with Crippen molar-refractivity contribution in [3.05, 3.63) is 0 Å². The average Bonchev–Trinajstić information content (AvgIpc) is 3.34. The van der Waals surface area contributed by atoms with Gasteiger partial charge in [0, 0.05) is 12.8 Å². The van der Waals surface area contributed by atoms with Crippen LogP contribution in [0.5, 0.6) is 0 Å². The second kappa shape index (κ2) is 41.9. The van der Waals surface area contributed by atoms with E-state index in [0.29, 0.717) is 12.8 Å². The summed E-state index contributed by atoms with van der Waals surface area (Å²) < 4.78 is 33.7. The van der Waals surface area contributed by atoms with Crippen molar-refractivity contribution in [2.24, 2.45) is 0 Å². The van der Waals surface area contributed by atoms with E-state index in [0.717, 1.165) is 38.5 Å². The molecule has 2 rings (SSSR count). The molecule has 2 aliphatic rings. The predicted octanol–water partition coefficient (Wildman–Crippen LogP) is 8.78. The highest BCUT2D eigenvalue weighted by atomic mass is 16.7. The molecule has 0 spiro atoms. The Morgan fingerprint density at radius 3 is 1.13 bits per heavy atom. The van der Waals surface area contributed by atoms with Crippen molar-refractivity contribution in [2.45, 2.75) is 306 Å². The molecule has 2 saturated heterocycles. The van der Waals surface area contributed by atoms with Crippen molar-refractivity contribution in [3.8, 4) is 0 Å². The highest BCUT2D eigenvalue weighted by Crippen LogP contribution is 2.27. The van der Waals surface area contributed by atoms with E-state index in [1.165, 1.54) is 161 Å². The molecule has 15 heteroatoms. The average molecular weight is 991 g/mol. The smallest absolute Gasteiger partial charge is 0.306 e. The van der Waals surface area contributed by atoms with Crippen molar-refractivity contribution in [3.63, 3.8) is 0 Å². The third-order valence-electron chi connectivity index (χ3n) is 13.8. The lowest BCUT2D eigenvalue weighted by molar-refractivity contribution is -0.332. The Labute approximate surface area is 417 Å². The second-order valence-corrected chi connectivity index (χ2v) is 20.1. The Morgan fingerprint density at radius 2 is 0.739 bits per heavy atom. The van der Waals surface area contributed by atoms with Gasteiger partial charge in [-0.2, -0.15) is 0 Å². The number of ether oxygens (including phenoxy) is 6. The summed E-state index contributed by atoms with van der Waals surface area (Å²) in [6.45, 7) is 2.65. The van der Waals surface area contributed by atoms with Crippen LogP contribution >= 0.6 is 0 Å². The Hall–Kier alpha value is -1.50. The van der Waals surface area contributed by atoms with E-state index in [1.54, 1.807) is 0 Å². The molecule has 0 aliphatic carbocycles. The van der Waals surface area contributed by atoms with E-state index < -0.39 is 92.7 Å². The molecule has 0 bridgehead atoms. The molecule has 408 valence electrons. The first-order chi connectivity index (χ1) is 33.5. The monoisotopic (exact) mass is 991 g/mol. The van der Waals surface area contributed by atoms with E-state index in [2.05, 4.69) is 13.8 Å². The van der Waals surface area contributed by atoms with Gasteiger partial charge in [-0.05, 0) is 12.8 Å². The number of esters is 2. The van der Waals surface area contributed by atoms with Crippen molar-refractivity contribution in [2.75, 3.05) is 26.4 Å². The predicted molar refractivity (Wildman–Crippen MR) is 266 cm³/mol. The van der Waals surface area contributed by atoms with Crippen molar-refractivity contribution >= 4 is 11.9 Å². The van der Waals surface area contributed by atoms with Crippen molar-refractivity contribution < 1.29 is 73.8 Å². The van der Waals surface area contributed by atoms with Gasteiger partial charge in [-0.3, -0.25) is 9.59 Å². The molecule has 0 aromatic carbocycles. The summed E-state index contributed by atoms with van der Waals surface area (Å²) in [6.07, 6.45) is 24.1. The van der Waals surface area contributed by atoms with E-state index in [4.69, 9.17) is 28.4 Å². The molecule has 7 N–H and O–H groups in total. The number of rotatable bonds is 45. The van der Waals surface area contributed by atoms with Crippen LogP contribution < -0.4 is 0 Å². The summed E-state index contributed by atoms with van der Waals surface area (Å²) in [5.41, 5.74) is 0.